The molecule has 1 saturated carbocycles. The first kappa shape index (κ1) is 21.5. The second kappa shape index (κ2) is 8.95. The third kappa shape index (κ3) is 4.40. The van der Waals surface area contributed by atoms with E-state index < -0.39 is 0 Å². The molecule has 0 spiro atoms. The summed E-state index contributed by atoms with van der Waals surface area (Å²) in [6, 6.07) is 17.7. The number of anilines is 1. The maximum atomic E-state index is 13.3. The van der Waals surface area contributed by atoms with Crippen molar-refractivity contribution in [3.63, 3.8) is 0 Å². The molecule has 10 heteroatoms. The van der Waals surface area contributed by atoms with Gasteiger partial charge in [-0.1, -0.05) is 30.0 Å². The van der Waals surface area contributed by atoms with E-state index in [1.165, 1.54) is 30.2 Å². The zero-order valence-corrected chi connectivity index (χ0v) is 19.3. The van der Waals surface area contributed by atoms with Crippen LogP contribution in [0.4, 0.5) is 10.2 Å². The molecule has 0 unspecified atom stereocenters. The minimum atomic E-state index is -0.319. The number of hydrogen-bond donors (Lipinski definition) is 1. The zero-order chi connectivity index (χ0) is 23.8. The van der Waals surface area contributed by atoms with Crippen molar-refractivity contribution in [3.8, 4) is 11.4 Å². The molecule has 3 aromatic heterocycles. The topological polar surface area (TPSA) is 90.5 Å². The normalized spacial score (nSPS) is 13.3. The summed E-state index contributed by atoms with van der Waals surface area (Å²) >= 11 is 1.31. The summed E-state index contributed by atoms with van der Waals surface area (Å²) in [5.41, 5.74) is 3.18. The number of aromatic nitrogens is 6. The Hall–Kier alpha value is -4.05. The monoisotopic (exact) mass is 485 g/mol. The lowest BCUT2D eigenvalue weighted by Gasteiger charge is -2.09. The zero-order valence-electron chi connectivity index (χ0n) is 18.5. The molecule has 8 nitrogen and oxygen atoms in total. The molecule has 35 heavy (non-hydrogen) atoms. The minimum Gasteiger partial charge on any atom is -0.310 e. The summed E-state index contributed by atoms with van der Waals surface area (Å²) in [7, 11) is 0. The predicted molar refractivity (Wildman–Crippen MR) is 132 cm³/mol. The fourth-order valence-electron chi connectivity index (χ4n) is 3.85. The predicted octanol–water partition coefficient (Wildman–Crippen LogP) is 4.75. The van der Waals surface area contributed by atoms with Gasteiger partial charge in [0.1, 0.15) is 23.0 Å². The fourth-order valence-corrected chi connectivity index (χ4v) is 4.62. The highest BCUT2D eigenvalue weighted by Crippen LogP contribution is 2.40. The van der Waals surface area contributed by atoms with E-state index in [2.05, 4.69) is 20.4 Å². The van der Waals surface area contributed by atoms with Gasteiger partial charge in [0.2, 0.25) is 5.91 Å². The van der Waals surface area contributed by atoms with Crippen molar-refractivity contribution in [1.29, 1.82) is 0 Å². The molecule has 6 rings (SSSR count). The Kier molecular flexibility index (Phi) is 5.49. The number of amides is 1. The van der Waals surface area contributed by atoms with Gasteiger partial charge in [-0.15, -0.1) is 0 Å². The third-order valence-corrected chi connectivity index (χ3v) is 6.74. The number of nitrogens with one attached hydrogen (secondary N) is 1. The number of nitrogens with zero attached hydrogens (tertiary/aromatic N) is 6. The quantitative estimate of drug-likeness (QED) is 0.264. The van der Waals surface area contributed by atoms with Gasteiger partial charge in [-0.25, -0.2) is 23.7 Å². The van der Waals surface area contributed by atoms with E-state index in [0.29, 0.717) is 28.1 Å². The van der Waals surface area contributed by atoms with Crippen molar-refractivity contribution in [2.75, 3.05) is 11.1 Å². The maximum Gasteiger partial charge on any atom is 0.235 e. The number of halogens is 1. The Morgan fingerprint density at radius 2 is 1.80 bits per heavy atom. The molecule has 174 valence electrons. The summed E-state index contributed by atoms with van der Waals surface area (Å²) in [4.78, 5) is 21.6. The van der Waals surface area contributed by atoms with Crippen LogP contribution in [0.1, 0.15) is 24.5 Å². The number of rotatable bonds is 7. The van der Waals surface area contributed by atoms with Crippen molar-refractivity contribution in [1.82, 2.24) is 29.5 Å². The highest BCUT2D eigenvalue weighted by atomic mass is 32.2. The highest BCUT2D eigenvalue weighted by Gasteiger charge is 2.28. The number of hydrogen-bond acceptors (Lipinski definition) is 6. The third-order valence-electron chi connectivity index (χ3n) is 5.73. The van der Waals surface area contributed by atoms with Crippen molar-refractivity contribution < 1.29 is 9.18 Å². The van der Waals surface area contributed by atoms with Crippen molar-refractivity contribution in [2.24, 2.45) is 0 Å². The number of carbonyl (C=O) groups excluding carboxylic acids is 1. The summed E-state index contributed by atoms with van der Waals surface area (Å²) < 4.78 is 16.7. The molecule has 1 N–H and O–H groups in total. The van der Waals surface area contributed by atoms with Crippen LogP contribution >= 0.6 is 11.8 Å². The molecule has 0 atom stereocenters. The van der Waals surface area contributed by atoms with Crippen LogP contribution in [0.3, 0.4) is 0 Å². The standard InChI is InChI=1S/C25H20FN7OS/c26-17-8-10-19(11-9-17)33-24-20(13-29-33)25(28-15-27-24)35-14-23(34)30-22-12-21(16-6-7-16)31-32(22)18-4-2-1-3-5-18/h1-5,8-13,15-16H,6-7,14H2,(H,30,34). The van der Waals surface area contributed by atoms with Gasteiger partial charge < -0.3 is 5.32 Å². The van der Waals surface area contributed by atoms with Crippen LogP contribution < -0.4 is 5.32 Å². The minimum absolute atomic E-state index is 0.159. The molecule has 1 amide bonds. The number of benzene rings is 2. The lowest BCUT2D eigenvalue weighted by molar-refractivity contribution is -0.113. The van der Waals surface area contributed by atoms with E-state index in [1.54, 1.807) is 27.7 Å². The number of carbonyl (C=O) groups is 1. The van der Waals surface area contributed by atoms with Gasteiger partial charge in [0.25, 0.3) is 0 Å². The van der Waals surface area contributed by atoms with Crippen LogP contribution in [0.25, 0.3) is 22.4 Å². The van der Waals surface area contributed by atoms with Crippen molar-refractivity contribution in [2.45, 2.75) is 23.8 Å². The first-order chi connectivity index (χ1) is 17.2. The SMILES string of the molecule is O=C(CSc1ncnc2c1cnn2-c1ccc(F)cc1)Nc1cc(C2CC2)nn1-c1ccccc1. The molecule has 5 aromatic rings. The maximum absolute atomic E-state index is 13.3. The van der Waals surface area contributed by atoms with Gasteiger partial charge in [-0.2, -0.15) is 10.2 Å². The van der Waals surface area contributed by atoms with Crippen LogP contribution in [-0.4, -0.2) is 41.2 Å². The van der Waals surface area contributed by atoms with Crippen LogP contribution in [0.15, 0.2) is 78.2 Å². The van der Waals surface area contributed by atoms with Crippen LogP contribution in [0, 0.1) is 5.82 Å². The molecule has 0 radical (unpaired) electrons. The van der Waals surface area contributed by atoms with Gasteiger partial charge in [0.15, 0.2) is 5.65 Å². The average Bonchev–Trinajstić information content (AvgIpc) is 3.51. The summed E-state index contributed by atoms with van der Waals surface area (Å²) in [6.45, 7) is 0. The lowest BCUT2D eigenvalue weighted by Crippen LogP contribution is -2.17. The van der Waals surface area contributed by atoms with E-state index in [0.717, 1.165) is 29.6 Å². The van der Waals surface area contributed by atoms with Crippen LogP contribution in [-0.2, 0) is 4.79 Å². The Balaban J connectivity index is 1.20. The first-order valence-corrected chi connectivity index (χ1v) is 12.2. The highest BCUT2D eigenvalue weighted by molar-refractivity contribution is 8.00. The first-order valence-electron chi connectivity index (χ1n) is 11.2. The number of fused-ring (bicyclic) bond motifs is 1. The molecule has 1 aliphatic rings. The second-order valence-electron chi connectivity index (χ2n) is 8.26. The number of para-hydroxylation sites is 1. The molecule has 0 aliphatic heterocycles. The Morgan fingerprint density at radius 1 is 1.03 bits per heavy atom. The van der Waals surface area contributed by atoms with Crippen molar-refractivity contribution in [3.05, 3.63) is 84.7 Å². The molecule has 3 heterocycles. The Morgan fingerprint density at radius 3 is 2.57 bits per heavy atom. The van der Waals surface area contributed by atoms with E-state index in [1.807, 2.05) is 36.4 Å². The second-order valence-corrected chi connectivity index (χ2v) is 9.23. The smallest absolute Gasteiger partial charge is 0.235 e. The van der Waals surface area contributed by atoms with Gasteiger partial charge in [0, 0.05) is 12.0 Å². The average molecular weight is 486 g/mol. The Bertz CT molecular complexity index is 1510. The molecule has 1 fully saturated rings. The molecule has 2 aromatic carbocycles. The van der Waals surface area contributed by atoms with Crippen LogP contribution in [0.2, 0.25) is 0 Å². The molecule has 0 bridgehead atoms. The molecule has 0 saturated heterocycles. The molecule has 1 aliphatic carbocycles. The van der Waals surface area contributed by atoms with Crippen LogP contribution in [0.5, 0.6) is 0 Å². The van der Waals surface area contributed by atoms with Gasteiger partial charge in [-0.3, -0.25) is 4.79 Å². The van der Waals surface area contributed by atoms with E-state index in [9.17, 15) is 9.18 Å². The lowest BCUT2D eigenvalue weighted by atomic mass is 10.3. The van der Waals surface area contributed by atoms with Gasteiger partial charge >= 0.3 is 0 Å². The molecular formula is C25H20FN7OS. The summed E-state index contributed by atoms with van der Waals surface area (Å²) in [6.07, 6.45) is 5.36. The fraction of sp³-hybridized carbons (Fsp3) is 0.160. The van der Waals surface area contributed by atoms with E-state index in [-0.39, 0.29) is 17.5 Å². The number of thioether (sulfide) groups is 1. The van der Waals surface area contributed by atoms with Gasteiger partial charge in [-0.05, 0) is 49.2 Å². The van der Waals surface area contributed by atoms with E-state index >= 15 is 0 Å². The summed E-state index contributed by atoms with van der Waals surface area (Å²) in [5, 5.41) is 13.5. The van der Waals surface area contributed by atoms with Gasteiger partial charge in [0.05, 0.1) is 34.4 Å². The van der Waals surface area contributed by atoms with Crippen molar-refractivity contribution >= 4 is 34.5 Å². The van der Waals surface area contributed by atoms with E-state index in [4.69, 9.17) is 5.10 Å². The summed E-state index contributed by atoms with van der Waals surface area (Å²) in [5.74, 6) is 0.803. The molecular weight excluding hydrogens is 465 g/mol. The largest absolute Gasteiger partial charge is 0.310 e. The Labute approximate surface area is 204 Å².